The lowest BCUT2D eigenvalue weighted by Crippen LogP contribution is -2.41. The number of rotatable bonds is 6. The molecule has 1 amide bonds. The standard InChI is InChI=1S/C11H13NO6S/c1-6(13)12-8(11(16)17)5-19-4-7-2-9(14)10(15)3-18-7/h2-3,8,15H,4-5H2,1H3,(H,12,13)(H,16,17). The second kappa shape index (κ2) is 6.83. The highest BCUT2D eigenvalue weighted by Gasteiger charge is 2.18. The number of aliphatic carboxylic acids is 1. The van der Waals surface area contributed by atoms with Crippen molar-refractivity contribution in [2.75, 3.05) is 5.75 Å². The number of aromatic hydroxyl groups is 1. The van der Waals surface area contributed by atoms with Gasteiger partial charge in [0.2, 0.25) is 11.3 Å². The van der Waals surface area contributed by atoms with E-state index in [0.29, 0.717) is 5.76 Å². The maximum atomic E-state index is 11.1. The molecular formula is C11H13NO6S. The van der Waals surface area contributed by atoms with Gasteiger partial charge in [-0.1, -0.05) is 0 Å². The van der Waals surface area contributed by atoms with Crippen molar-refractivity contribution in [3.63, 3.8) is 0 Å². The largest absolute Gasteiger partial charge is 0.502 e. The van der Waals surface area contributed by atoms with Gasteiger partial charge in [-0.2, -0.15) is 11.8 Å². The van der Waals surface area contributed by atoms with Crippen LogP contribution in [-0.4, -0.2) is 33.9 Å². The molecule has 7 nitrogen and oxygen atoms in total. The van der Waals surface area contributed by atoms with E-state index in [0.717, 1.165) is 12.3 Å². The second-order valence-electron chi connectivity index (χ2n) is 3.70. The number of carbonyl (C=O) groups excluding carboxylic acids is 1. The smallest absolute Gasteiger partial charge is 0.327 e. The number of nitrogens with one attached hydrogen (secondary N) is 1. The normalized spacial score (nSPS) is 11.8. The monoisotopic (exact) mass is 287 g/mol. The van der Waals surface area contributed by atoms with Crippen LogP contribution in [0.2, 0.25) is 0 Å². The molecule has 0 bridgehead atoms. The fourth-order valence-electron chi connectivity index (χ4n) is 1.22. The van der Waals surface area contributed by atoms with Crippen LogP contribution < -0.4 is 10.7 Å². The van der Waals surface area contributed by atoms with Crippen molar-refractivity contribution in [3.05, 3.63) is 28.3 Å². The highest BCUT2D eigenvalue weighted by molar-refractivity contribution is 7.98. The Morgan fingerprint density at radius 1 is 1.53 bits per heavy atom. The molecule has 1 aromatic heterocycles. The van der Waals surface area contributed by atoms with Crippen LogP contribution in [0.1, 0.15) is 12.7 Å². The van der Waals surface area contributed by atoms with E-state index in [2.05, 4.69) is 5.32 Å². The Bertz CT molecular complexity index is 526. The average molecular weight is 287 g/mol. The van der Waals surface area contributed by atoms with Gasteiger partial charge in [0.15, 0.2) is 5.75 Å². The molecule has 8 heteroatoms. The summed E-state index contributed by atoms with van der Waals surface area (Å²) in [5.41, 5.74) is -0.557. The van der Waals surface area contributed by atoms with Crippen molar-refractivity contribution >= 4 is 23.6 Å². The molecule has 0 aliphatic rings. The number of carbonyl (C=O) groups is 2. The van der Waals surface area contributed by atoms with Crippen LogP contribution in [0.15, 0.2) is 21.5 Å². The van der Waals surface area contributed by atoms with Gasteiger partial charge in [-0.25, -0.2) is 4.79 Å². The molecule has 0 saturated carbocycles. The third-order valence-electron chi connectivity index (χ3n) is 2.07. The van der Waals surface area contributed by atoms with Crippen LogP contribution in [0.5, 0.6) is 5.75 Å². The van der Waals surface area contributed by atoms with Gasteiger partial charge >= 0.3 is 5.97 Å². The van der Waals surface area contributed by atoms with E-state index in [9.17, 15) is 14.4 Å². The first kappa shape index (κ1) is 15.1. The van der Waals surface area contributed by atoms with Crippen LogP contribution in [0, 0.1) is 0 Å². The number of hydrogen-bond donors (Lipinski definition) is 3. The maximum absolute atomic E-state index is 11.1. The summed E-state index contributed by atoms with van der Waals surface area (Å²) in [6, 6.07) is 0.141. The van der Waals surface area contributed by atoms with Gasteiger partial charge in [-0.05, 0) is 0 Å². The Hall–Kier alpha value is -1.96. The van der Waals surface area contributed by atoms with E-state index in [-0.39, 0.29) is 11.5 Å². The molecule has 0 radical (unpaired) electrons. The molecule has 0 aromatic carbocycles. The van der Waals surface area contributed by atoms with Crippen molar-refractivity contribution in [2.45, 2.75) is 18.7 Å². The summed E-state index contributed by atoms with van der Waals surface area (Å²) in [7, 11) is 0. The number of carboxylic acid groups (broad SMARTS) is 1. The molecule has 1 atom stereocenters. The third kappa shape index (κ3) is 5.04. The van der Waals surface area contributed by atoms with Crippen molar-refractivity contribution in [3.8, 4) is 5.75 Å². The predicted molar refractivity (Wildman–Crippen MR) is 68.0 cm³/mol. The van der Waals surface area contributed by atoms with Crippen molar-refractivity contribution in [1.29, 1.82) is 0 Å². The van der Waals surface area contributed by atoms with Crippen LogP contribution in [-0.2, 0) is 15.3 Å². The zero-order valence-corrected chi connectivity index (χ0v) is 10.9. The zero-order chi connectivity index (χ0) is 14.4. The van der Waals surface area contributed by atoms with Crippen LogP contribution in [0.3, 0.4) is 0 Å². The van der Waals surface area contributed by atoms with Crippen molar-refractivity contribution in [2.24, 2.45) is 0 Å². The summed E-state index contributed by atoms with van der Waals surface area (Å²) in [4.78, 5) is 32.8. The zero-order valence-electron chi connectivity index (χ0n) is 10.1. The summed E-state index contributed by atoms with van der Waals surface area (Å²) in [5, 5.41) is 20.2. The lowest BCUT2D eigenvalue weighted by molar-refractivity contribution is -0.140. The third-order valence-corrected chi connectivity index (χ3v) is 3.13. The van der Waals surface area contributed by atoms with E-state index >= 15 is 0 Å². The molecule has 0 aliphatic carbocycles. The van der Waals surface area contributed by atoms with Gasteiger partial charge in [0, 0.05) is 18.7 Å². The van der Waals surface area contributed by atoms with E-state index in [1.807, 2.05) is 0 Å². The Balaban J connectivity index is 2.51. The Morgan fingerprint density at radius 3 is 2.74 bits per heavy atom. The minimum absolute atomic E-state index is 0.138. The highest BCUT2D eigenvalue weighted by atomic mass is 32.2. The van der Waals surface area contributed by atoms with Gasteiger partial charge in [0.1, 0.15) is 18.1 Å². The summed E-state index contributed by atoms with van der Waals surface area (Å²) in [6.07, 6.45) is 0.931. The van der Waals surface area contributed by atoms with Crippen molar-refractivity contribution < 1.29 is 24.2 Å². The Morgan fingerprint density at radius 2 is 2.21 bits per heavy atom. The summed E-state index contributed by atoms with van der Waals surface area (Å²) in [6.45, 7) is 1.24. The first-order valence-electron chi connectivity index (χ1n) is 5.28. The SMILES string of the molecule is CC(=O)NC(CSCc1cc(=O)c(O)co1)C(=O)O. The summed E-state index contributed by atoms with van der Waals surface area (Å²) >= 11 is 1.19. The van der Waals surface area contributed by atoms with Gasteiger partial charge < -0.3 is 19.9 Å². The van der Waals surface area contributed by atoms with Crippen LogP contribution in [0.25, 0.3) is 0 Å². The highest BCUT2D eigenvalue weighted by Crippen LogP contribution is 2.13. The van der Waals surface area contributed by atoms with E-state index in [1.54, 1.807) is 0 Å². The molecule has 104 valence electrons. The maximum Gasteiger partial charge on any atom is 0.327 e. The topological polar surface area (TPSA) is 117 Å². The molecule has 0 fully saturated rings. The lowest BCUT2D eigenvalue weighted by Gasteiger charge is -2.12. The number of hydrogen-bond acceptors (Lipinski definition) is 6. The Kier molecular flexibility index (Phi) is 5.43. The van der Waals surface area contributed by atoms with Crippen LogP contribution >= 0.6 is 11.8 Å². The van der Waals surface area contributed by atoms with Gasteiger partial charge in [0.05, 0.1) is 5.75 Å². The lowest BCUT2D eigenvalue weighted by atomic mass is 10.3. The Labute approximate surface area is 112 Å². The van der Waals surface area contributed by atoms with Gasteiger partial charge in [-0.15, -0.1) is 0 Å². The molecule has 1 unspecified atom stereocenters. The second-order valence-corrected chi connectivity index (χ2v) is 4.73. The molecule has 1 aromatic rings. The molecule has 1 rings (SSSR count). The first-order chi connectivity index (χ1) is 8.90. The quantitative estimate of drug-likeness (QED) is 0.682. The molecule has 0 spiro atoms. The molecule has 3 N–H and O–H groups in total. The van der Waals surface area contributed by atoms with Crippen LogP contribution in [0.4, 0.5) is 0 Å². The molecular weight excluding hydrogens is 274 g/mol. The minimum atomic E-state index is -1.13. The van der Waals surface area contributed by atoms with Crippen molar-refractivity contribution in [1.82, 2.24) is 5.32 Å². The summed E-state index contributed by atoms with van der Waals surface area (Å²) in [5.74, 6) is -1.31. The van der Waals surface area contributed by atoms with E-state index in [4.69, 9.17) is 14.6 Å². The number of amides is 1. The minimum Gasteiger partial charge on any atom is -0.502 e. The fourth-order valence-corrected chi connectivity index (χ4v) is 2.15. The molecule has 1 heterocycles. The average Bonchev–Trinajstić information content (AvgIpc) is 2.31. The van der Waals surface area contributed by atoms with Gasteiger partial charge in [0.25, 0.3) is 0 Å². The predicted octanol–water partition coefficient (Wildman–Crippen LogP) is 0.168. The fraction of sp³-hybridized carbons (Fsp3) is 0.364. The summed E-state index contributed by atoms with van der Waals surface area (Å²) < 4.78 is 4.96. The molecule has 0 saturated heterocycles. The molecule has 0 aliphatic heterocycles. The number of thioether (sulfide) groups is 1. The van der Waals surface area contributed by atoms with E-state index < -0.39 is 29.1 Å². The molecule has 19 heavy (non-hydrogen) atoms. The van der Waals surface area contributed by atoms with E-state index in [1.165, 1.54) is 18.7 Å². The first-order valence-corrected chi connectivity index (χ1v) is 6.44. The number of carboxylic acids is 1. The van der Waals surface area contributed by atoms with Gasteiger partial charge in [-0.3, -0.25) is 9.59 Å².